The Labute approximate surface area is 183 Å². The third kappa shape index (κ3) is 3.59. The van der Waals surface area contributed by atoms with Crippen LogP contribution in [0.15, 0.2) is 51.7 Å². The molecule has 1 atom stereocenters. The number of hydrogen-bond acceptors (Lipinski definition) is 6. The highest BCUT2D eigenvalue weighted by Gasteiger charge is 2.31. The number of likely N-dealkylation sites (tertiary alicyclic amines) is 1. The summed E-state index contributed by atoms with van der Waals surface area (Å²) in [5.41, 5.74) is 1.70. The summed E-state index contributed by atoms with van der Waals surface area (Å²) in [4.78, 5) is 39.8. The highest BCUT2D eigenvalue weighted by atomic mass is 16.7. The molecule has 1 fully saturated rings. The Morgan fingerprint density at radius 2 is 1.81 bits per heavy atom. The lowest BCUT2D eigenvalue weighted by Gasteiger charge is -2.33. The molecule has 2 aliphatic rings. The minimum Gasteiger partial charge on any atom is -0.454 e. The molecule has 9 heteroatoms. The molecule has 5 rings (SSSR count). The van der Waals surface area contributed by atoms with Crippen molar-refractivity contribution in [2.75, 3.05) is 25.2 Å². The van der Waals surface area contributed by atoms with Crippen LogP contribution < -0.4 is 20.5 Å². The van der Waals surface area contributed by atoms with Crippen LogP contribution in [0.5, 0.6) is 11.5 Å². The lowest BCUT2D eigenvalue weighted by molar-refractivity contribution is -0.137. The van der Waals surface area contributed by atoms with Crippen LogP contribution in [0.2, 0.25) is 0 Å². The zero-order chi connectivity index (χ0) is 22.2. The molecule has 0 aliphatic carbocycles. The second kappa shape index (κ2) is 8.07. The van der Waals surface area contributed by atoms with Crippen molar-refractivity contribution < 1.29 is 23.5 Å². The molecule has 0 saturated carbocycles. The van der Waals surface area contributed by atoms with Crippen LogP contribution in [-0.2, 0) is 9.59 Å². The van der Waals surface area contributed by atoms with Crippen molar-refractivity contribution in [3.8, 4) is 11.5 Å². The molecule has 0 unspecified atom stereocenters. The molecular weight excluding hydrogens is 414 g/mol. The van der Waals surface area contributed by atoms with E-state index < -0.39 is 11.8 Å². The van der Waals surface area contributed by atoms with Gasteiger partial charge in [0.2, 0.25) is 18.6 Å². The van der Waals surface area contributed by atoms with Gasteiger partial charge in [0.15, 0.2) is 17.1 Å². The van der Waals surface area contributed by atoms with E-state index in [9.17, 15) is 14.4 Å². The summed E-state index contributed by atoms with van der Waals surface area (Å²) in [6.07, 6.45) is 1.10. The number of nitrogens with zero attached hydrogens (tertiary/aromatic N) is 2. The van der Waals surface area contributed by atoms with Crippen molar-refractivity contribution in [2.45, 2.75) is 25.8 Å². The maximum absolute atomic E-state index is 13.1. The van der Waals surface area contributed by atoms with Gasteiger partial charge in [0.25, 0.3) is 0 Å². The molecule has 9 nitrogen and oxygen atoms in total. The Morgan fingerprint density at radius 1 is 1.06 bits per heavy atom. The van der Waals surface area contributed by atoms with Crippen LogP contribution in [0.1, 0.15) is 25.8 Å². The third-order valence-corrected chi connectivity index (χ3v) is 6.08. The number of oxazole rings is 1. The summed E-state index contributed by atoms with van der Waals surface area (Å²) in [7, 11) is 0. The van der Waals surface area contributed by atoms with Gasteiger partial charge in [-0.1, -0.05) is 12.1 Å². The number of carbonyl (C=O) groups is 2. The molecule has 1 saturated heterocycles. The predicted molar refractivity (Wildman–Crippen MR) is 116 cm³/mol. The maximum Gasteiger partial charge on any atom is 0.420 e. The first-order valence-corrected chi connectivity index (χ1v) is 10.6. The largest absolute Gasteiger partial charge is 0.454 e. The van der Waals surface area contributed by atoms with E-state index in [2.05, 4.69) is 5.32 Å². The fourth-order valence-corrected chi connectivity index (χ4v) is 4.31. The average Bonchev–Trinajstić information content (AvgIpc) is 3.41. The van der Waals surface area contributed by atoms with Gasteiger partial charge in [-0.15, -0.1) is 0 Å². The van der Waals surface area contributed by atoms with Crippen molar-refractivity contribution in [3.63, 3.8) is 0 Å². The molecule has 3 aromatic rings. The predicted octanol–water partition coefficient (Wildman–Crippen LogP) is 2.76. The van der Waals surface area contributed by atoms with E-state index in [-0.39, 0.29) is 24.5 Å². The molecule has 166 valence electrons. The van der Waals surface area contributed by atoms with Gasteiger partial charge in [0.1, 0.15) is 6.04 Å². The van der Waals surface area contributed by atoms with Crippen molar-refractivity contribution in [3.05, 3.63) is 53.0 Å². The fraction of sp³-hybridized carbons (Fsp3) is 0.348. The minimum absolute atomic E-state index is 0.0824. The van der Waals surface area contributed by atoms with Crippen molar-refractivity contribution in [2.24, 2.45) is 5.92 Å². The SMILES string of the molecule is C[C@H](C(=O)N1CCC(C(=O)Nc2ccc3c(c2)OCO3)CC1)n1c(=O)oc2ccccc21. The lowest BCUT2D eigenvalue weighted by Crippen LogP contribution is -2.44. The Bertz CT molecular complexity index is 1240. The van der Waals surface area contributed by atoms with Crippen LogP contribution >= 0.6 is 0 Å². The quantitative estimate of drug-likeness (QED) is 0.673. The maximum atomic E-state index is 13.1. The van der Waals surface area contributed by atoms with Crippen molar-refractivity contribution in [1.82, 2.24) is 9.47 Å². The van der Waals surface area contributed by atoms with E-state index in [1.165, 1.54) is 4.57 Å². The minimum atomic E-state index is -0.690. The topological polar surface area (TPSA) is 103 Å². The Morgan fingerprint density at radius 3 is 2.62 bits per heavy atom. The van der Waals surface area contributed by atoms with Crippen LogP contribution in [0.3, 0.4) is 0 Å². The molecular formula is C23H23N3O6. The van der Waals surface area contributed by atoms with Crippen molar-refractivity contribution in [1.29, 1.82) is 0 Å². The highest BCUT2D eigenvalue weighted by molar-refractivity contribution is 5.93. The van der Waals surface area contributed by atoms with Gasteiger partial charge < -0.3 is 24.1 Å². The number of benzene rings is 2. The highest BCUT2D eigenvalue weighted by Crippen LogP contribution is 2.34. The number of nitrogens with one attached hydrogen (secondary N) is 1. The van der Waals surface area contributed by atoms with Gasteiger partial charge in [-0.05, 0) is 44.0 Å². The summed E-state index contributed by atoms with van der Waals surface area (Å²) in [6.45, 7) is 2.78. The zero-order valence-electron chi connectivity index (χ0n) is 17.6. The first kappa shape index (κ1) is 20.2. The van der Waals surface area contributed by atoms with Crippen LogP contribution in [0.4, 0.5) is 5.69 Å². The van der Waals surface area contributed by atoms with Gasteiger partial charge >= 0.3 is 5.76 Å². The van der Waals surface area contributed by atoms with Gasteiger partial charge in [-0.25, -0.2) is 4.79 Å². The number of ether oxygens (including phenoxy) is 2. The summed E-state index contributed by atoms with van der Waals surface area (Å²) >= 11 is 0. The molecule has 3 heterocycles. The van der Waals surface area contributed by atoms with Gasteiger partial charge in [-0.3, -0.25) is 14.2 Å². The summed E-state index contributed by atoms with van der Waals surface area (Å²) in [5, 5.41) is 2.92. The molecule has 2 aromatic carbocycles. The number of fused-ring (bicyclic) bond motifs is 2. The number of rotatable bonds is 4. The monoisotopic (exact) mass is 437 g/mol. The molecule has 0 radical (unpaired) electrons. The second-order valence-corrected chi connectivity index (χ2v) is 8.04. The molecule has 2 aliphatic heterocycles. The number of anilines is 1. The summed E-state index contributed by atoms with van der Waals surface area (Å²) < 4.78 is 17.3. The van der Waals surface area contributed by atoms with Crippen LogP contribution in [-0.4, -0.2) is 41.2 Å². The van der Waals surface area contributed by atoms with E-state index in [1.54, 1.807) is 54.3 Å². The molecule has 0 bridgehead atoms. The normalized spacial score (nSPS) is 16.8. The fourth-order valence-electron chi connectivity index (χ4n) is 4.31. The number of carbonyl (C=O) groups excluding carboxylic acids is 2. The molecule has 32 heavy (non-hydrogen) atoms. The smallest absolute Gasteiger partial charge is 0.420 e. The third-order valence-electron chi connectivity index (χ3n) is 6.08. The molecule has 2 amide bonds. The van der Waals surface area contributed by atoms with E-state index in [0.717, 1.165) is 0 Å². The van der Waals surface area contributed by atoms with E-state index >= 15 is 0 Å². The molecule has 1 aromatic heterocycles. The van der Waals surface area contributed by atoms with Gasteiger partial charge in [0.05, 0.1) is 5.52 Å². The van der Waals surface area contributed by atoms with E-state index in [4.69, 9.17) is 13.9 Å². The van der Waals surface area contributed by atoms with Crippen LogP contribution in [0, 0.1) is 5.92 Å². The first-order valence-electron chi connectivity index (χ1n) is 10.6. The first-order chi connectivity index (χ1) is 15.5. The van der Waals surface area contributed by atoms with E-state index in [0.29, 0.717) is 54.2 Å². The standard InChI is InChI=1S/C23H23N3O6/c1-14(26-17-4-2-3-5-18(17)32-23(26)29)22(28)25-10-8-15(9-11-25)21(27)24-16-6-7-19-20(12-16)31-13-30-19/h2-7,12,14-15H,8-11,13H2,1H3,(H,24,27)/t14-/m1/s1. The van der Waals surface area contributed by atoms with E-state index in [1.807, 2.05) is 0 Å². The van der Waals surface area contributed by atoms with Gasteiger partial charge in [-0.2, -0.15) is 0 Å². The summed E-state index contributed by atoms with van der Waals surface area (Å²) in [5.74, 6) is 0.282. The van der Waals surface area contributed by atoms with Gasteiger partial charge in [0, 0.05) is 30.8 Å². The summed E-state index contributed by atoms with van der Waals surface area (Å²) in [6, 6.07) is 11.6. The number of amides is 2. The molecule has 1 N–H and O–H groups in total. The average molecular weight is 437 g/mol. The van der Waals surface area contributed by atoms with Crippen molar-refractivity contribution >= 4 is 28.6 Å². The lowest BCUT2D eigenvalue weighted by atomic mass is 9.95. The molecule has 0 spiro atoms. The zero-order valence-corrected chi connectivity index (χ0v) is 17.6. The number of hydrogen-bond donors (Lipinski definition) is 1. The number of piperidine rings is 1. The van der Waals surface area contributed by atoms with Crippen LogP contribution in [0.25, 0.3) is 11.1 Å². The Hall–Kier alpha value is -3.75. The Kier molecular flexibility index (Phi) is 5.08. The Balaban J connectivity index is 1.21. The number of aromatic nitrogens is 1. The number of para-hydroxylation sites is 2. The second-order valence-electron chi connectivity index (χ2n) is 8.04.